The van der Waals surface area contributed by atoms with Crippen molar-refractivity contribution in [3.63, 3.8) is 0 Å². The molecule has 69 valence electrons. The van der Waals surface area contributed by atoms with Crippen LogP contribution in [-0.4, -0.2) is 0 Å². The molecule has 0 heterocycles. The molecule has 1 saturated carbocycles. The maximum atomic E-state index is 5.96. The molecule has 0 aliphatic heterocycles. The molecule has 1 fully saturated rings. The van der Waals surface area contributed by atoms with Gasteiger partial charge in [0, 0.05) is 5.02 Å². The van der Waals surface area contributed by atoms with Crippen molar-refractivity contribution in [1.82, 2.24) is 0 Å². The van der Waals surface area contributed by atoms with Crippen molar-refractivity contribution in [3.05, 3.63) is 41.3 Å². The fraction of sp³-hybridized carbons (Fsp3) is 0.417. The predicted octanol–water partition coefficient (Wildman–Crippen LogP) is 4.20. The minimum atomic E-state index is 0.740. The van der Waals surface area contributed by atoms with E-state index in [4.69, 9.17) is 11.6 Å². The van der Waals surface area contributed by atoms with Crippen LogP contribution in [-0.2, 0) is 0 Å². The van der Waals surface area contributed by atoms with Crippen LogP contribution in [0.25, 0.3) is 0 Å². The molecule has 0 aromatic heterocycles. The number of hydrogen-bond donors (Lipinski definition) is 0. The Balaban J connectivity index is 2.14. The van der Waals surface area contributed by atoms with Crippen LogP contribution >= 0.6 is 11.6 Å². The highest BCUT2D eigenvalue weighted by Gasteiger charge is 2.15. The SMILES string of the molecule is Clc1cccc(C2CC[CH]CC2)c1. The standard InChI is InChI=1S/C12H14Cl/c13-12-8-4-7-11(9-12)10-5-2-1-3-6-10/h1,4,7-10H,2-3,5-6H2. The molecule has 0 unspecified atom stereocenters. The van der Waals surface area contributed by atoms with E-state index < -0.39 is 0 Å². The van der Waals surface area contributed by atoms with E-state index in [0.717, 1.165) is 10.9 Å². The first kappa shape index (κ1) is 9.08. The highest BCUT2D eigenvalue weighted by Crippen LogP contribution is 2.32. The van der Waals surface area contributed by atoms with Gasteiger partial charge in [0.1, 0.15) is 0 Å². The van der Waals surface area contributed by atoms with E-state index in [2.05, 4.69) is 24.6 Å². The average molecular weight is 194 g/mol. The molecular weight excluding hydrogens is 180 g/mol. The maximum Gasteiger partial charge on any atom is 0.0408 e. The molecular formula is C12H14Cl. The molecule has 1 heteroatoms. The second-order valence-corrected chi connectivity index (χ2v) is 4.13. The second kappa shape index (κ2) is 4.15. The van der Waals surface area contributed by atoms with Crippen LogP contribution in [0.1, 0.15) is 37.2 Å². The molecule has 0 bridgehead atoms. The average Bonchev–Trinajstić information content (AvgIpc) is 2.19. The van der Waals surface area contributed by atoms with Crippen LogP contribution in [0.15, 0.2) is 24.3 Å². The molecule has 1 aromatic carbocycles. The van der Waals surface area contributed by atoms with Crippen molar-refractivity contribution in [1.29, 1.82) is 0 Å². The minimum Gasteiger partial charge on any atom is -0.0843 e. The van der Waals surface area contributed by atoms with Gasteiger partial charge in [0.15, 0.2) is 0 Å². The lowest BCUT2D eigenvalue weighted by Crippen LogP contribution is -2.04. The zero-order chi connectivity index (χ0) is 9.10. The first-order chi connectivity index (χ1) is 6.36. The molecule has 0 saturated heterocycles. The first-order valence-corrected chi connectivity index (χ1v) is 5.31. The largest absolute Gasteiger partial charge is 0.0843 e. The van der Waals surface area contributed by atoms with Gasteiger partial charge in [-0.3, -0.25) is 0 Å². The van der Waals surface area contributed by atoms with E-state index in [0.29, 0.717) is 0 Å². The van der Waals surface area contributed by atoms with Crippen molar-refractivity contribution in [2.45, 2.75) is 31.6 Å². The number of halogens is 1. The van der Waals surface area contributed by atoms with Gasteiger partial charge in [0.25, 0.3) is 0 Å². The molecule has 0 nitrogen and oxygen atoms in total. The predicted molar refractivity (Wildman–Crippen MR) is 57.0 cm³/mol. The van der Waals surface area contributed by atoms with Crippen molar-refractivity contribution in [2.75, 3.05) is 0 Å². The Hall–Kier alpha value is -0.490. The Bertz CT molecular complexity index is 274. The molecule has 0 atom stereocenters. The Morgan fingerprint density at radius 2 is 1.92 bits per heavy atom. The van der Waals surface area contributed by atoms with Crippen LogP contribution in [0.3, 0.4) is 0 Å². The summed E-state index contributed by atoms with van der Waals surface area (Å²) in [6.07, 6.45) is 7.50. The molecule has 1 aromatic rings. The number of benzene rings is 1. The van der Waals surface area contributed by atoms with Crippen LogP contribution in [0.4, 0.5) is 0 Å². The van der Waals surface area contributed by atoms with Gasteiger partial charge in [-0.15, -0.1) is 0 Å². The smallest absolute Gasteiger partial charge is 0.0408 e. The fourth-order valence-corrected chi connectivity index (χ4v) is 2.22. The van der Waals surface area contributed by atoms with Crippen molar-refractivity contribution in [3.8, 4) is 0 Å². The molecule has 0 N–H and O–H groups in total. The Morgan fingerprint density at radius 3 is 2.62 bits per heavy atom. The third-order valence-electron chi connectivity index (χ3n) is 2.76. The highest BCUT2D eigenvalue weighted by atomic mass is 35.5. The van der Waals surface area contributed by atoms with E-state index in [9.17, 15) is 0 Å². The Kier molecular flexibility index (Phi) is 2.90. The summed E-state index contributed by atoms with van der Waals surface area (Å²) in [7, 11) is 0. The highest BCUT2D eigenvalue weighted by molar-refractivity contribution is 6.30. The van der Waals surface area contributed by atoms with Crippen molar-refractivity contribution < 1.29 is 0 Å². The third-order valence-corrected chi connectivity index (χ3v) is 2.99. The molecule has 2 rings (SSSR count). The van der Waals surface area contributed by atoms with Crippen LogP contribution in [0, 0.1) is 6.42 Å². The molecule has 13 heavy (non-hydrogen) atoms. The van der Waals surface area contributed by atoms with Gasteiger partial charge in [0.05, 0.1) is 0 Å². The number of hydrogen-bond acceptors (Lipinski definition) is 0. The summed E-state index contributed by atoms with van der Waals surface area (Å²) < 4.78 is 0. The van der Waals surface area contributed by atoms with E-state index >= 15 is 0 Å². The van der Waals surface area contributed by atoms with E-state index in [1.165, 1.54) is 31.2 Å². The molecule has 1 radical (unpaired) electrons. The fourth-order valence-electron chi connectivity index (χ4n) is 2.02. The Morgan fingerprint density at radius 1 is 1.15 bits per heavy atom. The van der Waals surface area contributed by atoms with Gasteiger partial charge in [-0.25, -0.2) is 0 Å². The molecule has 0 spiro atoms. The maximum absolute atomic E-state index is 5.96. The molecule has 0 amide bonds. The zero-order valence-electron chi connectivity index (χ0n) is 7.67. The summed E-state index contributed by atoms with van der Waals surface area (Å²) in [6.45, 7) is 0. The van der Waals surface area contributed by atoms with Crippen molar-refractivity contribution >= 4 is 11.6 Å². The Labute approximate surface area is 84.9 Å². The summed E-state index contributed by atoms with van der Waals surface area (Å²) in [5.41, 5.74) is 1.42. The minimum absolute atomic E-state index is 0.740. The van der Waals surface area contributed by atoms with Gasteiger partial charge in [-0.2, -0.15) is 0 Å². The van der Waals surface area contributed by atoms with E-state index in [1.807, 2.05) is 6.07 Å². The third kappa shape index (κ3) is 2.25. The summed E-state index contributed by atoms with van der Waals surface area (Å²) in [6, 6.07) is 8.30. The van der Waals surface area contributed by atoms with Crippen LogP contribution < -0.4 is 0 Å². The summed E-state index contributed by atoms with van der Waals surface area (Å²) in [5.74, 6) is 0.740. The lowest BCUT2D eigenvalue weighted by molar-refractivity contribution is 0.512. The summed E-state index contributed by atoms with van der Waals surface area (Å²) in [5, 5.41) is 0.868. The number of rotatable bonds is 1. The zero-order valence-corrected chi connectivity index (χ0v) is 8.43. The summed E-state index contributed by atoms with van der Waals surface area (Å²) in [4.78, 5) is 0. The molecule has 1 aliphatic carbocycles. The lowest BCUT2D eigenvalue weighted by Gasteiger charge is -2.21. The van der Waals surface area contributed by atoms with Gasteiger partial charge < -0.3 is 0 Å². The second-order valence-electron chi connectivity index (χ2n) is 3.70. The lowest BCUT2D eigenvalue weighted by atomic mass is 9.84. The van der Waals surface area contributed by atoms with Crippen molar-refractivity contribution in [2.24, 2.45) is 0 Å². The normalized spacial score (nSPS) is 18.8. The van der Waals surface area contributed by atoms with Gasteiger partial charge in [-0.05, 0) is 55.7 Å². The monoisotopic (exact) mass is 193 g/mol. The summed E-state index contributed by atoms with van der Waals surface area (Å²) >= 11 is 5.96. The van der Waals surface area contributed by atoms with Crippen LogP contribution in [0.2, 0.25) is 5.02 Å². The van der Waals surface area contributed by atoms with Crippen LogP contribution in [0.5, 0.6) is 0 Å². The van der Waals surface area contributed by atoms with E-state index in [-0.39, 0.29) is 0 Å². The quantitative estimate of drug-likeness (QED) is 0.627. The van der Waals surface area contributed by atoms with Gasteiger partial charge in [-0.1, -0.05) is 23.7 Å². The first-order valence-electron chi connectivity index (χ1n) is 4.93. The van der Waals surface area contributed by atoms with E-state index in [1.54, 1.807) is 0 Å². The van der Waals surface area contributed by atoms with Gasteiger partial charge >= 0.3 is 0 Å². The van der Waals surface area contributed by atoms with Gasteiger partial charge in [0.2, 0.25) is 0 Å². The molecule has 1 aliphatic rings. The topological polar surface area (TPSA) is 0 Å².